The zero-order valence-electron chi connectivity index (χ0n) is 17.3. The van der Waals surface area contributed by atoms with Crippen molar-refractivity contribution in [1.82, 2.24) is 0 Å². The van der Waals surface area contributed by atoms with Crippen molar-refractivity contribution in [3.63, 3.8) is 0 Å². The van der Waals surface area contributed by atoms with E-state index in [4.69, 9.17) is 13.9 Å². The van der Waals surface area contributed by atoms with Crippen LogP contribution in [0.15, 0.2) is 23.5 Å². The first kappa shape index (κ1) is 20.2. The van der Waals surface area contributed by atoms with E-state index in [9.17, 15) is 4.79 Å². The van der Waals surface area contributed by atoms with Gasteiger partial charge in [-0.2, -0.15) is 0 Å². The molecule has 0 N–H and O–H groups in total. The number of hydrogen-bond donors (Lipinski definition) is 0. The summed E-state index contributed by atoms with van der Waals surface area (Å²) in [7, 11) is -2.08. The topological polar surface area (TPSA) is 44.8 Å². The molecule has 2 aliphatic heterocycles. The van der Waals surface area contributed by atoms with Gasteiger partial charge in [-0.05, 0) is 44.0 Å². The average molecular weight is 367 g/mol. The minimum Gasteiger partial charge on any atom is -0.546 e. The largest absolute Gasteiger partial charge is 0.546 e. The van der Waals surface area contributed by atoms with Gasteiger partial charge >= 0.3 is 5.97 Å². The molecule has 0 saturated carbocycles. The van der Waals surface area contributed by atoms with Crippen molar-refractivity contribution < 1.29 is 18.7 Å². The SMILES string of the molecule is CCOC(=O)C1=C(O[Si](C)(C)C(C)(C)C)C[C@]2(C(C)C)C=C[C@@]1(C)O2. The van der Waals surface area contributed by atoms with Crippen molar-refractivity contribution in [3.05, 3.63) is 23.5 Å². The van der Waals surface area contributed by atoms with Crippen molar-refractivity contribution in [2.24, 2.45) is 5.92 Å². The van der Waals surface area contributed by atoms with Crippen LogP contribution in [0, 0.1) is 5.92 Å². The van der Waals surface area contributed by atoms with Crippen LogP contribution in [0.1, 0.15) is 54.9 Å². The predicted octanol–water partition coefficient (Wildman–Crippen LogP) is 4.97. The number of ether oxygens (including phenoxy) is 2. The van der Waals surface area contributed by atoms with Crippen molar-refractivity contribution >= 4 is 14.3 Å². The molecule has 0 aromatic carbocycles. The Hall–Kier alpha value is -1.07. The van der Waals surface area contributed by atoms with Gasteiger partial charge in [-0.25, -0.2) is 4.79 Å². The molecule has 0 saturated heterocycles. The van der Waals surface area contributed by atoms with Crippen LogP contribution in [0.4, 0.5) is 0 Å². The van der Waals surface area contributed by atoms with Crippen molar-refractivity contribution in [3.8, 4) is 0 Å². The Morgan fingerprint density at radius 3 is 2.40 bits per heavy atom. The third-order valence-electron chi connectivity index (χ3n) is 5.94. The molecule has 0 aliphatic carbocycles. The van der Waals surface area contributed by atoms with E-state index < -0.39 is 19.5 Å². The number of hydrogen-bond acceptors (Lipinski definition) is 4. The summed E-state index contributed by atoms with van der Waals surface area (Å²) >= 11 is 0. The molecule has 4 nitrogen and oxygen atoms in total. The van der Waals surface area contributed by atoms with Gasteiger partial charge in [0.15, 0.2) is 0 Å². The summed E-state index contributed by atoms with van der Waals surface area (Å²) in [5.41, 5.74) is -0.668. The van der Waals surface area contributed by atoms with Crippen LogP contribution in [0.25, 0.3) is 0 Å². The summed E-state index contributed by atoms with van der Waals surface area (Å²) < 4.78 is 18.4. The Morgan fingerprint density at radius 1 is 1.32 bits per heavy atom. The molecule has 2 heterocycles. The Balaban J connectivity index is 2.55. The lowest BCUT2D eigenvalue weighted by Crippen LogP contribution is -2.49. The number of carbonyl (C=O) groups is 1. The fourth-order valence-electron chi connectivity index (χ4n) is 3.19. The van der Waals surface area contributed by atoms with E-state index in [1.54, 1.807) is 0 Å². The van der Waals surface area contributed by atoms with E-state index in [0.717, 1.165) is 5.76 Å². The lowest BCUT2D eigenvalue weighted by molar-refractivity contribution is -0.148. The van der Waals surface area contributed by atoms with E-state index in [1.165, 1.54) is 0 Å². The quantitative estimate of drug-likeness (QED) is 0.391. The maximum absolute atomic E-state index is 12.8. The molecule has 2 rings (SSSR count). The third-order valence-corrected chi connectivity index (χ3v) is 10.3. The minimum atomic E-state index is -2.08. The summed E-state index contributed by atoms with van der Waals surface area (Å²) in [5, 5.41) is 0.0520. The monoisotopic (exact) mass is 366 g/mol. The molecular formula is C20H34O4Si. The number of esters is 1. The van der Waals surface area contributed by atoms with Gasteiger partial charge < -0.3 is 13.9 Å². The molecule has 0 radical (unpaired) electrons. The number of rotatable bonds is 5. The fraction of sp³-hybridized carbons (Fsp3) is 0.750. The van der Waals surface area contributed by atoms with Crippen LogP contribution < -0.4 is 0 Å². The van der Waals surface area contributed by atoms with Crippen LogP contribution in [-0.4, -0.2) is 32.1 Å². The zero-order chi connectivity index (χ0) is 19.3. The van der Waals surface area contributed by atoms with E-state index in [1.807, 2.05) is 19.9 Å². The van der Waals surface area contributed by atoms with E-state index >= 15 is 0 Å². The first-order chi connectivity index (χ1) is 11.3. The predicted molar refractivity (Wildman–Crippen MR) is 103 cm³/mol. The van der Waals surface area contributed by atoms with Crippen molar-refractivity contribution in [2.75, 3.05) is 6.61 Å². The third kappa shape index (κ3) is 3.45. The second-order valence-corrected chi connectivity index (χ2v) is 13.9. The van der Waals surface area contributed by atoms with E-state index in [-0.39, 0.29) is 16.9 Å². The van der Waals surface area contributed by atoms with Gasteiger partial charge in [0.25, 0.3) is 0 Å². The normalized spacial score (nSPS) is 29.4. The molecule has 25 heavy (non-hydrogen) atoms. The van der Waals surface area contributed by atoms with Crippen LogP contribution in [0.3, 0.4) is 0 Å². The Bertz CT molecular complexity index is 612. The van der Waals surface area contributed by atoms with Gasteiger partial charge in [0.05, 0.1) is 18.0 Å². The molecule has 0 aromatic rings. The molecule has 2 aliphatic rings. The molecule has 2 bridgehead atoms. The molecule has 0 amide bonds. The van der Waals surface area contributed by atoms with Crippen LogP contribution in [-0.2, 0) is 18.7 Å². The molecule has 0 aromatic heterocycles. The summed E-state index contributed by atoms with van der Waals surface area (Å²) in [6, 6.07) is 0. The number of carbonyl (C=O) groups excluding carboxylic acids is 1. The second-order valence-electron chi connectivity index (χ2n) is 9.21. The summed E-state index contributed by atoms with van der Waals surface area (Å²) in [6.07, 6.45) is 4.69. The van der Waals surface area contributed by atoms with Crippen LogP contribution in [0.2, 0.25) is 18.1 Å². The van der Waals surface area contributed by atoms with Gasteiger partial charge in [-0.15, -0.1) is 0 Å². The standard InChI is InChI=1S/C20H34O4Si/c1-10-22-17(21)16-15(23-25(8,9)18(4,5)6)13-20(14(2)3)12-11-19(16,7)24-20/h11-12,14H,10,13H2,1-9H3/t19-,20+/m1/s1. The van der Waals surface area contributed by atoms with Crippen LogP contribution >= 0.6 is 0 Å². The highest BCUT2D eigenvalue weighted by molar-refractivity contribution is 6.74. The molecule has 0 fully saturated rings. The molecule has 0 unspecified atom stereocenters. The zero-order valence-corrected chi connectivity index (χ0v) is 18.3. The van der Waals surface area contributed by atoms with Gasteiger partial charge in [-0.1, -0.05) is 40.7 Å². The summed E-state index contributed by atoms with van der Waals surface area (Å²) in [5.74, 6) is 0.715. The first-order valence-corrected chi connectivity index (χ1v) is 12.2. The Morgan fingerprint density at radius 2 is 1.92 bits per heavy atom. The van der Waals surface area contributed by atoms with Crippen molar-refractivity contribution in [2.45, 2.75) is 84.2 Å². The highest BCUT2D eigenvalue weighted by Crippen LogP contribution is 2.51. The molecular weight excluding hydrogens is 332 g/mol. The Kier molecular flexibility index (Phi) is 5.08. The fourth-order valence-corrected chi connectivity index (χ4v) is 4.29. The molecule has 5 heteroatoms. The van der Waals surface area contributed by atoms with Crippen molar-refractivity contribution in [1.29, 1.82) is 0 Å². The second kappa shape index (κ2) is 6.27. The summed E-state index contributed by atoms with van der Waals surface area (Å²) in [6.45, 7) is 19.4. The van der Waals surface area contributed by atoms with E-state index in [2.05, 4.69) is 53.8 Å². The average Bonchev–Trinajstić information content (AvgIpc) is 2.71. The van der Waals surface area contributed by atoms with E-state index in [0.29, 0.717) is 18.6 Å². The van der Waals surface area contributed by atoms with Gasteiger partial charge in [0.2, 0.25) is 8.32 Å². The first-order valence-electron chi connectivity index (χ1n) is 9.28. The van der Waals surface area contributed by atoms with Crippen LogP contribution in [0.5, 0.6) is 0 Å². The smallest absolute Gasteiger partial charge is 0.340 e. The molecule has 2 atom stereocenters. The highest BCUT2D eigenvalue weighted by atomic mass is 28.4. The lowest BCUT2D eigenvalue weighted by atomic mass is 9.84. The maximum atomic E-state index is 12.8. The lowest BCUT2D eigenvalue weighted by Gasteiger charge is -2.46. The highest BCUT2D eigenvalue weighted by Gasteiger charge is 2.55. The van der Waals surface area contributed by atoms with Gasteiger partial charge in [-0.3, -0.25) is 0 Å². The molecule has 0 spiro atoms. The number of fused-ring (bicyclic) bond motifs is 2. The Labute approximate surface area is 153 Å². The maximum Gasteiger partial charge on any atom is 0.340 e. The van der Waals surface area contributed by atoms with Gasteiger partial charge in [0.1, 0.15) is 11.2 Å². The minimum absolute atomic E-state index is 0.0520. The van der Waals surface area contributed by atoms with Gasteiger partial charge in [0, 0.05) is 6.42 Å². The molecule has 142 valence electrons. The summed E-state index contributed by atoms with van der Waals surface area (Å²) in [4.78, 5) is 12.8.